The summed E-state index contributed by atoms with van der Waals surface area (Å²) in [6.07, 6.45) is 2.48. The third kappa shape index (κ3) is 10.2. The number of hydrogen-bond donors (Lipinski definition) is 0. The maximum absolute atomic E-state index is 5.93. The molecule has 0 aromatic rings. The van der Waals surface area contributed by atoms with Gasteiger partial charge in [0.15, 0.2) is 18.1 Å². The van der Waals surface area contributed by atoms with Crippen LogP contribution in [0.25, 0.3) is 0 Å². The fourth-order valence-electron chi connectivity index (χ4n) is 0.973. The lowest BCUT2D eigenvalue weighted by Crippen LogP contribution is -2.34. The third-order valence-electron chi connectivity index (χ3n) is 1.83. The molecule has 5 heteroatoms. The molecule has 0 saturated carbocycles. The molecule has 0 aromatic heterocycles. The molecule has 0 heterocycles. The van der Waals surface area contributed by atoms with Gasteiger partial charge < -0.3 is 13.6 Å². The standard InChI is InChI=1S/C10H24O3Si2/c1-6-10(12-9-8-11-7-2)14-13-15(3,4)5/h7,10H,2,6,8-9,14H2,1,3-5H3. The Kier molecular flexibility index (Phi) is 8.04. The maximum Gasteiger partial charge on any atom is 0.176 e. The first-order valence-corrected chi connectivity index (χ1v) is 10.3. The fourth-order valence-corrected chi connectivity index (χ4v) is 4.22. The van der Waals surface area contributed by atoms with E-state index in [1.165, 1.54) is 6.26 Å². The van der Waals surface area contributed by atoms with Gasteiger partial charge in [-0.05, 0) is 26.1 Å². The van der Waals surface area contributed by atoms with E-state index in [9.17, 15) is 0 Å². The Hall–Kier alpha value is -0.106. The zero-order valence-electron chi connectivity index (χ0n) is 10.4. The summed E-state index contributed by atoms with van der Waals surface area (Å²) in [4.78, 5) is 0. The van der Waals surface area contributed by atoms with Gasteiger partial charge in [-0.25, -0.2) is 0 Å². The van der Waals surface area contributed by atoms with E-state index in [4.69, 9.17) is 13.6 Å². The van der Waals surface area contributed by atoms with Crippen molar-refractivity contribution in [2.45, 2.75) is 38.7 Å². The van der Waals surface area contributed by atoms with Crippen LogP contribution in [0.5, 0.6) is 0 Å². The van der Waals surface area contributed by atoms with Crippen molar-refractivity contribution in [1.82, 2.24) is 0 Å². The second-order valence-electron chi connectivity index (χ2n) is 4.36. The molecule has 0 aromatic carbocycles. The molecule has 0 N–H and O–H groups in total. The van der Waals surface area contributed by atoms with Crippen molar-refractivity contribution in [2.75, 3.05) is 13.2 Å². The number of ether oxygens (including phenoxy) is 2. The Morgan fingerprint density at radius 2 is 2.00 bits per heavy atom. The monoisotopic (exact) mass is 248 g/mol. The Bertz CT molecular complexity index is 169. The minimum atomic E-state index is -1.36. The molecular weight excluding hydrogens is 224 g/mol. The van der Waals surface area contributed by atoms with Gasteiger partial charge in [-0.15, -0.1) is 0 Å². The van der Waals surface area contributed by atoms with E-state index in [1.54, 1.807) is 0 Å². The predicted molar refractivity (Wildman–Crippen MR) is 69.2 cm³/mol. The van der Waals surface area contributed by atoms with Crippen LogP contribution in [0.1, 0.15) is 13.3 Å². The fraction of sp³-hybridized carbons (Fsp3) is 0.800. The van der Waals surface area contributed by atoms with E-state index in [0.717, 1.165) is 6.42 Å². The van der Waals surface area contributed by atoms with E-state index in [-0.39, 0.29) is 0 Å². The van der Waals surface area contributed by atoms with Crippen LogP contribution in [-0.2, 0) is 13.6 Å². The molecule has 0 aliphatic rings. The van der Waals surface area contributed by atoms with Crippen molar-refractivity contribution in [2.24, 2.45) is 0 Å². The minimum Gasteiger partial charge on any atom is -0.499 e. The highest BCUT2D eigenvalue weighted by atomic mass is 28.4. The predicted octanol–water partition coefficient (Wildman–Crippen LogP) is 1.83. The third-order valence-corrected chi connectivity index (χ3v) is 7.15. The topological polar surface area (TPSA) is 27.7 Å². The van der Waals surface area contributed by atoms with E-state index in [0.29, 0.717) is 18.9 Å². The van der Waals surface area contributed by atoms with E-state index < -0.39 is 18.1 Å². The highest BCUT2D eigenvalue weighted by Crippen LogP contribution is 2.05. The quantitative estimate of drug-likeness (QED) is 0.354. The highest BCUT2D eigenvalue weighted by Gasteiger charge is 2.17. The summed E-state index contributed by atoms with van der Waals surface area (Å²) in [6, 6.07) is 0. The van der Waals surface area contributed by atoms with Crippen LogP contribution in [0.4, 0.5) is 0 Å². The number of hydrogen-bond acceptors (Lipinski definition) is 3. The van der Waals surface area contributed by atoms with Crippen LogP contribution in [0, 0.1) is 0 Å². The largest absolute Gasteiger partial charge is 0.499 e. The van der Waals surface area contributed by atoms with Gasteiger partial charge >= 0.3 is 0 Å². The average Bonchev–Trinajstić information content (AvgIpc) is 2.15. The number of rotatable bonds is 9. The van der Waals surface area contributed by atoms with Crippen molar-refractivity contribution in [3.05, 3.63) is 12.8 Å². The normalized spacial score (nSPS) is 14.4. The molecule has 1 atom stereocenters. The van der Waals surface area contributed by atoms with E-state index >= 15 is 0 Å². The summed E-state index contributed by atoms with van der Waals surface area (Å²) in [6.45, 7) is 13.5. The molecule has 0 fully saturated rings. The second kappa shape index (κ2) is 8.09. The molecule has 0 aliphatic heterocycles. The molecule has 0 radical (unpaired) electrons. The summed E-state index contributed by atoms with van der Waals surface area (Å²) in [5.41, 5.74) is 0.324. The van der Waals surface area contributed by atoms with Gasteiger partial charge in [0.05, 0.1) is 18.6 Å². The summed E-state index contributed by atoms with van der Waals surface area (Å²) in [7, 11) is -1.91. The van der Waals surface area contributed by atoms with Gasteiger partial charge in [0.25, 0.3) is 0 Å². The van der Waals surface area contributed by atoms with Crippen molar-refractivity contribution < 1.29 is 13.6 Å². The van der Waals surface area contributed by atoms with Gasteiger partial charge in [-0.2, -0.15) is 0 Å². The molecule has 90 valence electrons. The first kappa shape index (κ1) is 14.9. The van der Waals surface area contributed by atoms with Crippen LogP contribution in [-0.4, -0.2) is 37.0 Å². The van der Waals surface area contributed by atoms with Crippen molar-refractivity contribution in [1.29, 1.82) is 0 Å². The smallest absolute Gasteiger partial charge is 0.176 e. The summed E-state index contributed by atoms with van der Waals surface area (Å²) < 4.78 is 16.6. The minimum absolute atomic E-state index is 0.324. The molecule has 0 rings (SSSR count). The molecule has 15 heavy (non-hydrogen) atoms. The molecule has 0 amide bonds. The van der Waals surface area contributed by atoms with Crippen LogP contribution < -0.4 is 0 Å². The van der Waals surface area contributed by atoms with Crippen LogP contribution in [0.15, 0.2) is 12.8 Å². The highest BCUT2D eigenvalue weighted by molar-refractivity contribution is 6.74. The molecular formula is C10H24O3Si2. The second-order valence-corrected chi connectivity index (χ2v) is 11.0. The Labute approximate surface area is 96.9 Å². The van der Waals surface area contributed by atoms with Crippen LogP contribution >= 0.6 is 0 Å². The molecule has 0 spiro atoms. The van der Waals surface area contributed by atoms with Crippen molar-refractivity contribution in [3.63, 3.8) is 0 Å². The van der Waals surface area contributed by atoms with Gasteiger partial charge in [0.2, 0.25) is 0 Å². The first-order chi connectivity index (χ1) is 6.99. The SMILES string of the molecule is C=COCCOC(CC)[SiH2]O[Si](C)(C)C. The Balaban J connectivity index is 3.59. The van der Waals surface area contributed by atoms with Crippen molar-refractivity contribution >= 4 is 18.1 Å². The lowest BCUT2D eigenvalue weighted by molar-refractivity contribution is 0.0584. The Morgan fingerprint density at radius 1 is 1.33 bits per heavy atom. The summed E-state index contributed by atoms with van der Waals surface area (Å²) in [5, 5.41) is 0. The molecule has 0 bridgehead atoms. The van der Waals surface area contributed by atoms with Gasteiger partial charge in [0, 0.05) is 0 Å². The van der Waals surface area contributed by atoms with E-state index in [2.05, 4.69) is 33.1 Å². The van der Waals surface area contributed by atoms with Gasteiger partial charge in [-0.3, -0.25) is 0 Å². The van der Waals surface area contributed by atoms with Gasteiger partial charge in [0.1, 0.15) is 6.61 Å². The van der Waals surface area contributed by atoms with Crippen LogP contribution in [0.2, 0.25) is 19.6 Å². The zero-order chi connectivity index (χ0) is 11.7. The molecule has 0 saturated heterocycles. The molecule has 1 unspecified atom stereocenters. The lowest BCUT2D eigenvalue weighted by atomic mass is 10.5. The zero-order valence-corrected chi connectivity index (χ0v) is 12.8. The first-order valence-electron chi connectivity index (χ1n) is 5.47. The maximum atomic E-state index is 5.93. The average molecular weight is 248 g/mol. The molecule has 3 nitrogen and oxygen atoms in total. The Morgan fingerprint density at radius 3 is 2.47 bits per heavy atom. The molecule has 0 aliphatic carbocycles. The summed E-state index contributed by atoms with van der Waals surface area (Å²) >= 11 is 0. The summed E-state index contributed by atoms with van der Waals surface area (Å²) in [5.74, 6) is 0. The van der Waals surface area contributed by atoms with Crippen LogP contribution in [0.3, 0.4) is 0 Å². The van der Waals surface area contributed by atoms with Gasteiger partial charge in [-0.1, -0.05) is 13.5 Å². The lowest BCUT2D eigenvalue weighted by Gasteiger charge is -2.22. The van der Waals surface area contributed by atoms with E-state index in [1.807, 2.05) is 0 Å². The van der Waals surface area contributed by atoms with Crippen molar-refractivity contribution in [3.8, 4) is 0 Å².